The molecule has 2 aliphatic heterocycles. The highest BCUT2D eigenvalue weighted by Gasteiger charge is 2.32. The maximum absolute atomic E-state index is 14.0. The maximum Gasteiger partial charge on any atom is 0.321 e. The average Bonchev–Trinajstić information content (AvgIpc) is 4.17. The van der Waals surface area contributed by atoms with Crippen LogP contribution in [0.3, 0.4) is 0 Å². The Morgan fingerprint density at radius 2 is 0.892 bits per heavy atom. The molecule has 0 spiro atoms. The summed E-state index contributed by atoms with van der Waals surface area (Å²) < 4.78 is 28.5. The minimum absolute atomic E-state index is 0.0895. The van der Waals surface area contributed by atoms with Gasteiger partial charge in [-0.15, -0.1) is 0 Å². The molecule has 1 atom stereocenters. The number of H-pyrrole nitrogens is 2. The minimum Gasteiger partial charge on any atom is -0.497 e. The first-order valence-electron chi connectivity index (χ1n) is 21.2. The maximum atomic E-state index is 14.0. The third-order valence-electron chi connectivity index (χ3n) is 11.6. The van der Waals surface area contributed by atoms with Gasteiger partial charge in [0.05, 0.1) is 63.3 Å². The molecule has 5 heterocycles. The van der Waals surface area contributed by atoms with Crippen LogP contribution in [0.1, 0.15) is 48.1 Å². The van der Waals surface area contributed by atoms with Crippen LogP contribution in [-0.2, 0) is 14.3 Å². The Bertz CT molecular complexity index is 3250. The van der Waals surface area contributed by atoms with Gasteiger partial charge in [0.2, 0.25) is 0 Å². The second-order valence-corrected chi connectivity index (χ2v) is 15.5. The number of ether oxygens (including phenoxy) is 5. The lowest BCUT2D eigenvalue weighted by Crippen LogP contribution is -2.22. The highest BCUT2D eigenvalue weighted by Crippen LogP contribution is 2.42. The van der Waals surface area contributed by atoms with Gasteiger partial charge in [-0.05, 0) is 133 Å². The van der Waals surface area contributed by atoms with Crippen LogP contribution in [0.15, 0.2) is 115 Å². The first-order chi connectivity index (χ1) is 31.7. The van der Waals surface area contributed by atoms with Gasteiger partial charge in [-0.3, -0.25) is 9.59 Å². The zero-order valence-corrected chi connectivity index (χ0v) is 36.8. The molecule has 11 heteroatoms. The Morgan fingerprint density at radius 3 is 1.28 bits per heavy atom. The molecular weight excluding hydrogens is 817 g/mol. The van der Waals surface area contributed by atoms with Crippen LogP contribution in [0.5, 0.6) is 23.0 Å². The molecule has 65 heavy (non-hydrogen) atoms. The summed E-state index contributed by atoms with van der Waals surface area (Å²) in [5.74, 6) is 0.289. The van der Waals surface area contributed by atoms with Crippen molar-refractivity contribution in [3.63, 3.8) is 0 Å². The Balaban J connectivity index is 1.55. The van der Waals surface area contributed by atoms with Gasteiger partial charge in [-0.1, -0.05) is 48.5 Å². The van der Waals surface area contributed by atoms with E-state index in [0.29, 0.717) is 73.5 Å². The van der Waals surface area contributed by atoms with Gasteiger partial charge < -0.3 is 33.7 Å². The quantitative estimate of drug-likeness (QED) is 0.0908. The molecule has 2 aliphatic rings. The van der Waals surface area contributed by atoms with Crippen molar-refractivity contribution in [3.8, 4) is 67.5 Å². The summed E-state index contributed by atoms with van der Waals surface area (Å²) in [6, 6.07) is 37.1. The highest BCUT2D eigenvalue weighted by molar-refractivity contribution is 6.08. The normalized spacial score (nSPS) is 12.2. The van der Waals surface area contributed by atoms with E-state index < -0.39 is 11.9 Å². The molecule has 8 bridgehead atoms. The van der Waals surface area contributed by atoms with E-state index in [2.05, 4.69) is 16.0 Å². The van der Waals surface area contributed by atoms with E-state index in [4.69, 9.17) is 33.7 Å². The minimum atomic E-state index is -1.29. The number of fused-ring (bicyclic) bond motifs is 8. The lowest BCUT2D eigenvalue weighted by Gasteiger charge is -2.14. The Kier molecular flexibility index (Phi) is 11.6. The number of hydrogen-bond donors (Lipinski definition) is 2. The number of aromatic amines is 2. The number of nitrogens with one attached hydrogen (secondary N) is 2. The molecule has 9 rings (SSSR count). The van der Waals surface area contributed by atoms with Gasteiger partial charge in [-0.2, -0.15) is 0 Å². The average molecular weight is 863 g/mol. The van der Waals surface area contributed by atoms with Crippen molar-refractivity contribution >= 4 is 58.1 Å². The number of nitrogens with zero attached hydrogens (tertiary/aromatic N) is 2. The predicted octanol–water partition coefficient (Wildman–Crippen LogP) is 11.6. The van der Waals surface area contributed by atoms with Gasteiger partial charge in [0.25, 0.3) is 0 Å². The van der Waals surface area contributed by atoms with E-state index in [-0.39, 0.29) is 12.4 Å². The molecule has 0 fully saturated rings. The fourth-order valence-corrected chi connectivity index (χ4v) is 8.60. The summed E-state index contributed by atoms with van der Waals surface area (Å²) in [5.41, 5.74) is 11.9. The molecule has 0 saturated carbocycles. The van der Waals surface area contributed by atoms with Gasteiger partial charge in [-0.25, -0.2) is 9.97 Å². The van der Waals surface area contributed by atoms with Crippen molar-refractivity contribution in [2.75, 3.05) is 35.0 Å². The van der Waals surface area contributed by atoms with Crippen LogP contribution in [0.25, 0.3) is 90.9 Å². The molecule has 0 saturated heterocycles. The summed E-state index contributed by atoms with van der Waals surface area (Å²) >= 11 is 0. The van der Waals surface area contributed by atoms with Gasteiger partial charge >= 0.3 is 5.97 Å². The fraction of sp³-hybridized carbons (Fsp3) is 0.148. The molecule has 1 unspecified atom stereocenters. The van der Waals surface area contributed by atoms with Crippen LogP contribution < -0.4 is 18.9 Å². The van der Waals surface area contributed by atoms with Gasteiger partial charge in [0, 0.05) is 38.8 Å². The third kappa shape index (κ3) is 8.04. The first-order valence-corrected chi connectivity index (χ1v) is 21.2. The number of Topliss-reactive ketones (excluding diaryl/α,β-unsaturated/α-hetero) is 1. The van der Waals surface area contributed by atoms with E-state index in [1.54, 1.807) is 35.4 Å². The zero-order valence-electron chi connectivity index (χ0n) is 36.8. The molecule has 11 nitrogen and oxygen atoms in total. The molecule has 4 aromatic carbocycles. The van der Waals surface area contributed by atoms with Crippen molar-refractivity contribution < 1.29 is 33.3 Å². The highest BCUT2D eigenvalue weighted by atomic mass is 16.5. The third-order valence-corrected chi connectivity index (χ3v) is 11.6. The Hall–Kier alpha value is -8.18. The van der Waals surface area contributed by atoms with Crippen LogP contribution in [0.2, 0.25) is 0 Å². The lowest BCUT2D eigenvalue weighted by atomic mass is 9.92. The van der Waals surface area contributed by atoms with E-state index in [9.17, 15) is 9.59 Å². The lowest BCUT2D eigenvalue weighted by molar-refractivity contribution is -0.147. The van der Waals surface area contributed by atoms with Crippen LogP contribution in [-0.4, -0.2) is 66.7 Å². The number of esters is 1. The van der Waals surface area contributed by atoms with E-state index in [1.807, 2.05) is 133 Å². The number of carbonyl (C=O) groups is 2. The summed E-state index contributed by atoms with van der Waals surface area (Å²) in [5, 5.41) is 0. The molecule has 0 aliphatic carbocycles. The van der Waals surface area contributed by atoms with Crippen LogP contribution >= 0.6 is 0 Å². The zero-order chi connectivity index (χ0) is 45.2. The second-order valence-electron chi connectivity index (χ2n) is 15.5. The topological polar surface area (TPSA) is 138 Å². The molecular formula is C54H46N4O7. The van der Waals surface area contributed by atoms with Crippen molar-refractivity contribution in [1.82, 2.24) is 19.9 Å². The molecule has 324 valence electrons. The number of hydrogen-bond acceptors (Lipinski definition) is 9. The van der Waals surface area contributed by atoms with Gasteiger partial charge in [0.1, 0.15) is 34.7 Å². The molecule has 2 N–H and O–H groups in total. The van der Waals surface area contributed by atoms with Crippen molar-refractivity contribution in [3.05, 3.63) is 144 Å². The largest absolute Gasteiger partial charge is 0.497 e. The molecule has 0 amide bonds. The van der Waals surface area contributed by atoms with Crippen molar-refractivity contribution in [1.29, 1.82) is 0 Å². The smallest absolute Gasteiger partial charge is 0.321 e. The molecule has 0 radical (unpaired) electrons. The number of ketones is 1. The van der Waals surface area contributed by atoms with E-state index in [0.717, 1.165) is 44.4 Å². The van der Waals surface area contributed by atoms with Crippen LogP contribution in [0, 0.1) is 0 Å². The van der Waals surface area contributed by atoms with Gasteiger partial charge in [0.15, 0.2) is 0 Å². The Labute approximate surface area is 376 Å². The van der Waals surface area contributed by atoms with E-state index in [1.165, 1.54) is 6.92 Å². The summed E-state index contributed by atoms with van der Waals surface area (Å²) in [6.45, 7) is 3.22. The number of carbonyl (C=O) groups excluding carboxylic acids is 2. The fourth-order valence-electron chi connectivity index (χ4n) is 8.60. The molecule has 7 aromatic rings. The first kappa shape index (κ1) is 42.1. The van der Waals surface area contributed by atoms with Crippen molar-refractivity contribution in [2.24, 2.45) is 0 Å². The predicted molar refractivity (Wildman–Crippen MR) is 257 cm³/mol. The molecule has 3 aromatic heterocycles. The number of benzene rings is 4. The van der Waals surface area contributed by atoms with E-state index >= 15 is 0 Å². The summed E-state index contributed by atoms with van der Waals surface area (Å²) in [6.07, 6.45) is 7.90. The second kappa shape index (κ2) is 17.9. The number of rotatable bonds is 12. The number of aromatic nitrogens is 4. The van der Waals surface area contributed by atoms with Crippen LogP contribution in [0.4, 0.5) is 0 Å². The summed E-state index contributed by atoms with van der Waals surface area (Å²) in [4.78, 5) is 46.2. The SMILES string of the molecule is CCOC(=O)C(C(C)=O)c1cc2[nH]c1c(-c1cccc(OC)c1)c1nc(c(-c3cccc(OC)c3)c3ccc([nH]3)c(-c3cccc(OC)c3)c3nc(c2-c2cccc(OC)c2)C=C3)C=C1. The van der Waals surface area contributed by atoms with Crippen molar-refractivity contribution in [2.45, 2.75) is 19.8 Å². The summed E-state index contributed by atoms with van der Waals surface area (Å²) in [7, 11) is 6.52. The monoisotopic (exact) mass is 862 g/mol. The number of methoxy groups -OCH3 is 4. The standard InChI is InChI=1S/C54H46N4O7/c1-7-65-54(60)48(31(2)59)40-30-47-51(34-14-10-18-38(28-34)63-5)45-23-22-43(56-45)49(32-12-8-16-36(26-32)61-3)41-20-21-42(55-41)50(33-13-9-17-37(27-33)62-4)44-24-25-46(57-44)52(53(40)58-47)35-15-11-19-39(29-35)64-6/h8-30,48,55,58H,7H2,1-6H3. The Morgan fingerprint density at radius 1 is 0.508 bits per heavy atom.